The quantitative estimate of drug-likeness (QED) is 0.469. The zero-order valence-corrected chi connectivity index (χ0v) is 18.4. The number of hydrogen-bond donors (Lipinski definition) is 2. The molecule has 1 fully saturated rings. The Morgan fingerprint density at radius 3 is 2.57 bits per heavy atom. The SMILES string of the molecule is CCS(=O)(=O)N1CCC(NC(=NCCc2ccco2)NCCc2ccccc2)CC1. The Labute approximate surface area is 179 Å². The van der Waals surface area contributed by atoms with Gasteiger partial charge < -0.3 is 15.1 Å². The summed E-state index contributed by atoms with van der Waals surface area (Å²) in [4.78, 5) is 4.71. The molecule has 2 N–H and O–H groups in total. The molecule has 1 aromatic carbocycles. The van der Waals surface area contributed by atoms with Crippen LogP contribution in [0.4, 0.5) is 0 Å². The topological polar surface area (TPSA) is 86.9 Å². The van der Waals surface area contributed by atoms with Gasteiger partial charge >= 0.3 is 0 Å². The average Bonchev–Trinajstić information content (AvgIpc) is 3.28. The molecular formula is C22H32N4O3S. The maximum Gasteiger partial charge on any atom is 0.213 e. The first kappa shape index (κ1) is 22.4. The third-order valence-corrected chi connectivity index (χ3v) is 7.19. The molecule has 0 unspecified atom stereocenters. The largest absolute Gasteiger partial charge is 0.469 e. The summed E-state index contributed by atoms with van der Waals surface area (Å²) in [5, 5.41) is 6.92. The van der Waals surface area contributed by atoms with Gasteiger partial charge in [0.1, 0.15) is 5.76 Å². The highest BCUT2D eigenvalue weighted by Crippen LogP contribution is 2.14. The number of piperidine rings is 1. The van der Waals surface area contributed by atoms with Gasteiger partial charge in [0.25, 0.3) is 0 Å². The summed E-state index contributed by atoms with van der Waals surface area (Å²) in [5.41, 5.74) is 1.28. The molecule has 2 aromatic rings. The van der Waals surface area contributed by atoms with Crippen molar-refractivity contribution in [3.8, 4) is 0 Å². The molecule has 1 aliphatic heterocycles. The summed E-state index contributed by atoms with van der Waals surface area (Å²) < 4.78 is 31.1. The number of furan rings is 1. The summed E-state index contributed by atoms with van der Waals surface area (Å²) in [5.74, 6) is 1.85. The Bertz CT molecular complexity index is 874. The van der Waals surface area contributed by atoms with Crippen LogP contribution in [-0.2, 0) is 22.9 Å². The first-order valence-electron chi connectivity index (χ1n) is 10.7. The minimum Gasteiger partial charge on any atom is -0.469 e. The highest BCUT2D eigenvalue weighted by Gasteiger charge is 2.27. The molecule has 1 saturated heterocycles. The van der Waals surface area contributed by atoms with Gasteiger partial charge in [-0.15, -0.1) is 0 Å². The van der Waals surface area contributed by atoms with Crippen molar-refractivity contribution >= 4 is 16.0 Å². The number of sulfonamides is 1. The number of nitrogens with zero attached hydrogens (tertiary/aromatic N) is 2. The highest BCUT2D eigenvalue weighted by molar-refractivity contribution is 7.89. The fraction of sp³-hybridized carbons (Fsp3) is 0.500. The van der Waals surface area contributed by atoms with Crippen molar-refractivity contribution < 1.29 is 12.8 Å². The zero-order valence-electron chi connectivity index (χ0n) is 17.6. The van der Waals surface area contributed by atoms with Crippen molar-refractivity contribution in [3.05, 3.63) is 60.1 Å². The minimum atomic E-state index is -3.11. The third-order valence-electron chi connectivity index (χ3n) is 5.31. The molecule has 0 spiro atoms. The van der Waals surface area contributed by atoms with E-state index >= 15 is 0 Å². The van der Waals surface area contributed by atoms with E-state index in [2.05, 4.69) is 22.8 Å². The maximum atomic E-state index is 12.1. The first-order chi connectivity index (χ1) is 14.6. The van der Waals surface area contributed by atoms with E-state index in [0.717, 1.165) is 43.9 Å². The summed E-state index contributed by atoms with van der Waals surface area (Å²) in [6.45, 7) is 4.20. The lowest BCUT2D eigenvalue weighted by Crippen LogP contribution is -2.50. The Morgan fingerprint density at radius 1 is 1.13 bits per heavy atom. The molecule has 0 bridgehead atoms. The zero-order chi connectivity index (χ0) is 21.2. The summed E-state index contributed by atoms with van der Waals surface area (Å²) >= 11 is 0. The minimum absolute atomic E-state index is 0.158. The predicted molar refractivity (Wildman–Crippen MR) is 120 cm³/mol. The lowest BCUT2D eigenvalue weighted by molar-refractivity contribution is 0.306. The summed E-state index contributed by atoms with van der Waals surface area (Å²) in [6, 6.07) is 14.4. The van der Waals surface area contributed by atoms with Gasteiger partial charge in [-0.25, -0.2) is 12.7 Å². The second-order valence-electron chi connectivity index (χ2n) is 7.44. The number of rotatable bonds is 9. The molecule has 0 radical (unpaired) electrons. The van der Waals surface area contributed by atoms with E-state index < -0.39 is 10.0 Å². The molecule has 8 heteroatoms. The van der Waals surface area contributed by atoms with E-state index in [1.165, 1.54) is 5.56 Å². The van der Waals surface area contributed by atoms with E-state index in [-0.39, 0.29) is 11.8 Å². The molecule has 0 atom stereocenters. The van der Waals surface area contributed by atoms with Crippen molar-refractivity contribution in [2.24, 2.45) is 4.99 Å². The van der Waals surface area contributed by atoms with Crippen LogP contribution in [0.2, 0.25) is 0 Å². The second-order valence-corrected chi connectivity index (χ2v) is 9.70. The molecule has 2 heterocycles. The van der Waals surface area contributed by atoms with Gasteiger partial charge in [0.2, 0.25) is 10.0 Å². The van der Waals surface area contributed by atoms with Crippen LogP contribution in [-0.4, -0.2) is 56.7 Å². The smallest absolute Gasteiger partial charge is 0.213 e. The number of nitrogens with one attached hydrogen (secondary N) is 2. The molecule has 3 rings (SSSR count). The number of hydrogen-bond acceptors (Lipinski definition) is 4. The first-order valence-corrected chi connectivity index (χ1v) is 12.3. The van der Waals surface area contributed by atoms with Crippen LogP contribution in [0.15, 0.2) is 58.1 Å². The fourth-order valence-electron chi connectivity index (χ4n) is 3.51. The van der Waals surface area contributed by atoms with Crippen molar-refractivity contribution in [2.45, 2.75) is 38.6 Å². The second kappa shape index (κ2) is 11.2. The van der Waals surface area contributed by atoms with Crippen LogP contribution >= 0.6 is 0 Å². The van der Waals surface area contributed by atoms with Gasteiger partial charge in [-0.05, 0) is 43.9 Å². The van der Waals surface area contributed by atoms with E-state index in [1.807, 2.05) is 30.3 Å². The number of guanidine groups is 1. The van der Waals surface area contributed by atoms with E-state index in [4.69, 9.17) is 9.41 Å². The molecule has 0 saturated carbocycles. The Morgan fingerprint density at radius 2 is 1.90 bits per heavy atom. The molecule has 1 aromatic heterocycles. The van der Waals surface area contributed by atoms with Crippen molar-refractivity contribution in [1.29, 1.82) is 0 Å². The Kier molecular flexibility index (Phi) is 8.33. The molecule has 7 nitrogen and oxygen atoms in total. The van der Waals surface area contributed by atoms with Gasteiger partial charge in [-0.1, -0.05) is 30.3 Å². The maximum absolute atomic E-state index is 12.1. The van der Waals surface area contributed by atoms with Crippen LogP contribution in [0.3, 0.4) is 0 Å². The van der Waals surface area contributed by atoms with Crippen LogP contribution in [0.1, 0.15) is 31.1 Å². The van der Waals surface area contributed by atoms with E-state index in [9.17, 15) is 8.42 Å². The molecule has 1 aliphatic rings. The van der Waals surface area contributed by atoms with Crippen molar-refractivity contribution in [3.63, 3.8) is 0 Å². The van der Waals surface area contributed by atoms with Crippen LogP contribution in [0, 0.1) is 0 Å². The predicted octanol–water partition coefficient (Wildman–Crippen LogP) is 2.41. The van der Waals surface area contributed by atoms with Gasteiger partial charge in [-0.3, -0.25) is 4.99 Å². The average molecular weight is 433 g/mol. The Hall–Kier alpha value is -2.32. The summed E-state index contributed by atoms with van der Waals surface area (Å²) in [7, 11) is -3.11. The fourth-order valence-corrected chi connectivity index (χ4v) is 4.64. The third kappa shape index (κ3) is 6.88. The molecule has 30 heavy (non-hydrogen) atoms. The van der Waals surface area contributed by atoms with Gasteiger partial charge in [0, 0.05) is 38.6 Å². The lowest BCUT2D eigenvalue weighted by Gasteiger charge is -2.32. The monoisotopic (exact) mass is 432 g/mol. The molecule has 0 aliphatic carbocycles. The molecule has 164 valence electrons. The Balaban J connectivity index is 1.53. The van der Waals surface area contributed by atoms with Crippen LogP contribution < -0.4 is 10.6 Å². The normalized spacial score (nSPS) is 16.5. The standard InChI is InChI=1S/C22H32N4O3S/c1-2-30(27,28)26-16-12-20(13-17-26)25-22(24-15-11-21-9-6-18-29-21)23-14-10-19-7-4-3-5-8-19/h3-9,18,20H,2,10-17H2,1H3,(H2,23,24,25). The van der Waals surface area contributed by atoms with Gasteiger partial charge in [-0.2, -0.15) is 0 Å². The molecule has 0 amide bonds. The van der Waals surface area contributed by atoms with E-state index in [1.54, 1.807) is 17.5 Å². The van der Waals surface area contributed by atoms with Gasteiger partial charge in [0.05, 0.1) is 12.0 Å². The van der Waals surface area contributed by atoms with Gasteiger partial charge in [0.15, 0.2) is 5.96 Å². The van der Waals surface area contributed by atoms with E-state index in [0.29, 0.717) is 19.6 Å². The van der Waals surface area contributed by atoms with Crippen molar-refractivity contribution in [2.75, 3.05) is 31.9 Å². The highest BCUT2D eigenvalue weighted by atomic mass is 32.2. The molecular weight excluding hydrogens is 400 g/mol. The van der Waals surface area contributed by atoms with Crippen LogP contribution in [0.25, 0.3) is 0 Å². The van der Waals surface area contributed by atoms with Crippen LogP contribution in [0.5, 0.6) is 0 Å². The number of benzene rings is 1. The van der Waals surface area contributed by atoms with Crippen molar-refractivity contribution in [1.82, 2.24) is 14.9 Å². The summed E-state index contributed by atoms with van der Waals surface area (Å²) in [6.07, 6.45) is 4.88. The number of aliphatic imine (C=N–C) groups is 1. The lowest BCUT2D eigenvalue weighted by atomic mass is 10.1.